The van der Waals surface area contributed by atoms with Gasteiger partial charge in [-0.3, -0.25) is 19.7 Å². The van der Waals surface area contributed by atoms with Gasteiger partial charge in [0.05, 0.1) is 27.1 Å². The molecule has 0 saturated carbocycles. The average molecular weight is 396 g/mol. The third-order valence-electron chi connectivity index (χ3n) is 4.54. The molecule has 0 atom stereocenters. The van der Waals surface area contributed by atoms with Crippen LogP contribution in [-0.2, 0) is 20.9 Å². The highest BCUT2D eigenvalue weighted by atomic mass is 16.6. The largest absolute Gasteiger partial charge is 0.461 e. The number of hydrogen-bond donors (Lipinski definition) is 0. The van der Waals surface area contributed by atoms with Gasteiger partial charge in [-0.05, 0) is 38.1 Å². The fourth-order valence-corrected chi connectivity index (χ4v) is 3.34. The fraction of sp³-hybridized carbons (Fsp3) is 0.238. The highest BCUT2D eigenvalue weighted by Gasteiger charge is 2.28. The van der Waals surface area contributed by atoms with Crippen molar-refractivity contribution in [2.45, 2.75) is 34.3 Å². The lowest BCUT2D eigenvalue weighted by atomic mass is 10.1. The standard InChI is InChI=1S/C21H20N2O6/c1-12-5-7-16(8-6-12)22-13(2)20(23(26)27)17-9-10-19(29-15(4)25)18(21(17)22)11-28-14(3)24/h5-10H,11H2,1-4H3. The lowest BCUT2D eigenvalue weighted by Gasteiger charge is -2.14. The van der Waals surface area contributed by atoms with E-state index in [2.05, 4.69) is 0 Å². The van der Waals surface area contributed by atoms with Crippen LogP contribution in [0.5, 0.6) is 5.75 Å². The summed E-state index contributed by atoms with van der Waals surface area (Å²) in [6.45, 7) is 5.92. The molecule has 0 unspecified atom stereocenters. The van der Waals surface area contributed by atoms with Crippen molar-refractivity contribution < 1.29 is 24.0 Å². The summed E-state index contributed by atoms with van der Waals surface area (Å²) in [4.78, 5) is 34.3. The molecular formula is C21H20N2O6. The molecule has 0 fully saturated rings. The van der Waals surface area contributed by atoms with E-state index >= 15 is 0 Å². The fourth-order valence-electron chi connectivity index (χ4n) is 3.34. The Kier molecular flexibility index (Phi) is 5.36. The molecule has 0 saturated heterocycles. The van der Waals surface area contributed by atoms with Crippen LogP contribution in [0.1, 0.15) is 30.7 Å². The van der Waals surface area contributed by atoms with E-state index in [4.69, 9.17) is 9.47 Å². The Labute approximate surface area is 166 Å². The molecule has 0 bridgehead atoms. The Hall–Kier alpha value is -3.68. The molecule has 1 heterocycles. The third-order valence-corrected chi connectivity index (χ3v) is 4.54. The first-order chi connectivity index (χ1) is 13.7. The van der Waals surface area contributed by atoms with Crippen molar-refractivity contribution in [3.63, 3.8) is 0 Å². The highest BCUT2D eigenvalue weighted by Crippen LogP contribution is 2.40. The highest BCUT2D eigenvalue weighted by molar-refractivity contribution is 5.97. The summed E-state index contributed by atoms with van der Waals surface area (Å²) in [6, 6.07) is 10.5. The van der Waals surface area contributed by atoms with Crippen molar-refractivity contribution in [3.05, 3.63) is 63.3 Å². The van der Waals surface area contributed by atoms with Crippen LogP contribution in [-0.4, -0.2) is 21.4 Å². The Balaban J connectivity index is 2.41. The maximum absolute atomic E-state index is 11.8. The van der Waals surface area contributed by atoms with E-state index in [9.17, 15) is 19.7 Å². The predicted octanol–water partition coefficient (Wildman–Crippen LogP) is 4.14. The van der Waals surface area contributed by atoms with Gasteiger partial charge in [0.15, 0.2) is 0 Å². The van der Waals surface area contributed by atoms with Gasteiger partial charge < -0.3 is 14.0 Å². The molecule has 0 amide bonds. The minimum absolute atomic E-state index is 0.0565. The number of fused-ring (bicyclic) bond motifs is 1. The van der Waals surface area contributed by atoms with Crippen molar-refractivity contribution in [2.24, 2.45) is 0 Å². The summed E-state index contributed by atoms with van der Waals surface area (Å²) in [5.74, 6) is -0.879. The second-order valence-corrected chi connectivity index (χ2v) is 6.67. The van der Waals surface area contributed by atoms with Crippen molar-refractivity contribution in [3.8, 4) is 11.4 Å². The van der Waals surface area contributed by atoms with E-state index in [0.29, 0.717) is 27.8 Å². The lowest BCUT2D eigenvalue weighted by molar-refractivity contribution is -0.383. The smallest absolute Gasteiger partial charge is 0.308 e. The molecule has 0 radical (unpaired) electrons. The molecule has 0 aliphatic carbocycles. The zero-order chi connectivity index (χ0) is 21.3. The summed E-state index contributed by atoms with van der Waals surface area (Å²) in [7, 11) is 0. The maximum atomic E-state index is 11.8. The van der Waals surface area contributed by atoms with Crippen LogP contribution < -0.4 is 4.74 Å². The molecule has 29 heavy (non-hydrogen) atoms. The second-order valence-electron chi connectivity index (χ2n) is 6.67. The predicted molar refractivity (Wildman–Crippen MR) is 106 cm³/mol. The number of aromatic nitrogens is 1. The second kappa shape index (κ2) is 7.75. The molecule has 0 aliphatic heterocycles. The molecular weight excluding hydrogens is 376 g/mol. The number of carbonyl (C=O) groups is 2. The number of nitrogens with zero attached hydrogens (tertiary/aromatic N) is 2. The van der Waals surface area contributed by atoms with Crippen LogP contribution in [0.4, 0.5) is 5.69 Å². The van der Waals surface area contributed by atoms with Gasteiger partial charge in [0.25, 0.3) is 5.69 Å². The van der Waals surface area contributed by atoms with E-state index in [1.165, 1.54) is 19.9 Å². The van der Waals surface area contributed by atoms with Gasteiger partial charge in [-0.15, -0.1) is 0 Å². The minimum Gasteiger partial charge on any atom is -0.461 e. The number of aryl methyl sites for hydroxylation is 1. The molecule has 3 aromatic rings. The first kappa shape index (κ1) is 20.1. The van der Waals surface area contributed by atoms with Gasteiger partial charge in [-0.2, -0.15) is 0 Å². The minimum atomic E-state index is -0.548. The first-order valence-corrected chi connectivity index (χ1v) is 8.90. The average Bonchev–Trinajstić information content (AvgIpc) is 2.93. The Morgan fingerprint density at radius 3 is 2.24 bits per heavy atom. The van der Waals surface area contributed by atoms with Crippen molar-refractivity contribution in [1.29, 1.82) is 0 Å². The molecule has 1 aromatic heterocycles. The van der Waals surface area contributed by atoms with Crippen molar-refractivity contribution in [2.75, 3.05) is 0 Å². The lowest BCUT2D eigenvalue weighted by Crippen LogP contribution is -2.08. The molecule has 0 aliphatic rings. The Bertz CT molecular complexity index is 1130. The first-order valence-electron chi connectivity index (χ1n) is 8.90. The van der Waals surface area contributed by atoms with Crippen LogP contribution in [0.15, 0.2) is 36.4 Å². The van der Waals surface area contributed by atoms with Crippen LogP contribution in [0.3, 0.4) is 0 Å². The molecule has 0 spiro atoms. The van der Waals surface area contributed by atoms with E-state index in [1.807, 2.05) is 31.2 Å². The summed E-state index contributed by atoms with van der Waals surface area (Å²) < 4.78 is 12.2. The van der Waals surface area contributed by atoms with Gasteiger partial charge in [0, 0.05) is 19.5 Å². The summed E-state index contributed by atoms with van der Waals surface area (Å²) in [5.41, 5.74) is 2.94. The molecule has 150 valence electrons. The maximum Gasteiger partial charge on any atom is 0.308 e. The number of esters is 2. The van der Waals surface area contributed by atoms with Crippen molar-refractivity contribution >= 4 is 28.5 Å². The summed E-state index contributed by atoms with van der Waals surface area (Å²) >= 11 is 0. The van der Waals surface area contributed by atoms with Gasteiger partial charge in [-0.1, -0.05) is 17.7 Å². The van der Waals surface area contributed by atoms with Crippen molar-refractivity contribution in [1.82, 2.24) is 4.57 Å². The van der Waals surface area contributed by atoms with Crippen LogP contribution >= 0.6 is 0 Å². The van der Waals surface area contributed by atoms with Crippen LogP contribution in [0.2, 0.25) is 0 Å². The van der Waals surface area contributed by atoms with E-state index in [1.54, 1.807) is 17.6 Å². The van der Waals surface area contributed by atoms with Gasteiger partial charge in [0.2, 0.25) is 0 Å². The topological polar surface area (TPSA) is 101 Å². The van der Waals surface area contributed by atoms with Gasteiger partial charge >= 0.3 is 11.9 Å². The number of ether oxygens (including phenoxy) is 2. The summed E-state index contributed by atoms with van der Waals surface area (Å²) in [6.07, 6.45) is 0. The molecule has 8 nitrogen and oxygen atoms in total. The molecule has 0 N–H and O–H groups in total. The SMILES string of the molecule is CC(=O)OCc1c(OC(C)=O)ccc2c([N+](=O)[O-])c(C)n(-c3ccc(C)cc3)c12. The zero-order valence-corrected chi connectivity index (χ0v) is 16.5. The van der Waals surface area contributed by atoms with Crippen LogP contribution in [0, 0.1) is 24.0 Å². The monoisotopic (exact) mass is 396 g/mol. The number of rotatable bonds is 5. The number of nitro groups is 1. The number of benzene rings is 2. The zero-order valence-electron chi connectivity index (χ0n) is 16.5. The number of carbonyl (C=O) groups excluding carboxylic acids is 2. The normalized spacial score (nSPS) is 10.8. The molecule has 8 heteroatoms. The van der Waals surface area contributed by atoms with Crippen LogP contribution in [0.25, 0.3) is 16.6 Å². The molecule has 3 rings (SSSR count). The van der Waals surface area contributed by atoms with E-state index in [0.717, 1.165) is 5.56 Å². The quantitative estimate of drug-likeness (QED) is 0.278. The Morgan fingerprint density at radius 2 is 1.69 bits per heavy atom. The van der Waals surface area contributed by atoms with E-state index in [-0.39, 0.29) is 18.0 Å². The van der Waals surface area contributed by atoms with E-state index < -0.39 is 16.9 Å². The Morgan fingerprint density at radius 1 is 1.03 bits per heavy atom. The summed E-state index contributed by atoms with van der Waals surface area (Å²) in [5, 5.41) is 12.2. The third kappa shape index (κ3) is 3.82. The number of hydrogen-bond acceptors (Lipinski definition) is 6. The van der Waals surface area contributed by atoms with Gasteiger partial charge in [-0.25, -0.2) is 0 Å². The molecule has 2 aromatic carbocycles. The van der Waals surface area contributed by atoms with Gasteiger partial charge in [0.1, 0.15) is 12.4 Å².